The number of ether oxygens (including phenoxy) is 2. The van der Waals surface area contributed by atoms with Crippen LogP contribution >= 0.6 is 0 Å². The van der Waals surface area contributed by atoms with Gasteiger partial charge in [0.2, 0.25) is 5.88 Å². The zero-order valence-electron chi connectivity index (χ0n) is 14.8. The van der Waals surface area contributed by atoms with Crippen molar-refractivity contribution in [1.29, 1.82) is 0 Å². The van der Waals surface area contributed by atoms with E-state index in [-0.39, 0.29) is 18.2 Å². The number of pyridine rings is 1. The van der Waals surface area contributed by atoms with Crippen molar-refractivity contribution in [1.82, 2.24) is 9.88 Å². The van der Waals surface area contributed by atoms with Gasteiger partial charge in [-0.2, -0.15) is 0 Å². The smallest absolute Gasteiger partial charge is 0.410 e. The van der Waals surface area contributed by atoms with Crippen LogP contribution < -0.4 is 4.74 Å². The molecule has 5 heteroatoms. The van der Waals surface area contributed by atoms with Gasteiger partial charge in [0.05, 0.1) is 12.1 Å². The second kappa shape index (κ2) is 7.20. The maximum atomic E-state index is 12.5. The molecule has 128 valence electrons. The fourth-order valence-electron chi connectivity index (χ4n) is 2.72. The summed E-state index contributed by atoms with van der Waals surface area (Å²) in [7, 11) is 0. The lowest BCUT2D eigenvalue weighted by molar-refractivity contribution is 0.00948. The Hall–Kier alpha value is -1.78. The largest absolute Gasteiger partial charge is 0.475 e. The van der Waals surface area contributed by atoms with Crippen LogP contribution in [0.5, 0.6) is 5.88 Å². The lowest BCUT2D eigenvalue weighted by Gasteiger charge is -2.36. The first-order valence-corrected chi connectivity index (χ1v) is 8.38. The van der Waals surface area contributed by atoms with Crippen molar-refractivity contribution in [2.24, 2.45) is 0 Å². The number of carbonyl (C=O) groups is 1. The summed E-state index contributed by atoms with van der Waals surface area (Å²) in [5.74, 6) is 0.614. The minimum atomic E-state index is -0.480. The second-order valence-electron chi connectivity index (χ2n) is 7.28. The molecule has 0 N–H and O–H groups in total. The number of hydrogen-bond acceptors (Lipinski definition) is 4. The predicted octanol–water partition coefficient (Wildman–Crippen LogP) is 4.33. The lowest BCUT2D eigenvalue weighted by atomic mass is 9.97. The summed E-state index contributed by atoms with van der Waals surface area (Å²) in [4.78, 5) is 18.7. The molecule has 2 heterocycles. The van der Waals surface area contributed by atoms with E-state index in [1.807, 2.05) is 57.8 Å². The predicted molar refractivity (Wildman–Crippen MR) is 89.5 cm³/mol. The van der Waals surface area contributed by atoms with Crippen LogP contribution in [0.4, 0.5) is 4.79 Å². The molecule has 1 saturated heterocycles. The molecule has 0 bridgehead atoms. The van der Waals surface area contributed by atoms with Crippen molar-refractivity contribution >= 4 is 6.09 Å². The Balaban J connectivity index is 2.13. The summed E-state index contributed by atoms with van der Waals surface area (Å²) < 4.78 is 11.1. The number of aromatic nitrogens is 1. The average molecular weight is 320 g/mol. The van der Waals surface area contributed by atoms with Crippen molar-refractivity contribution in [2.75, 3.05) is 6.54 Å². The van der Waals surface area contributed by atoms with Gasteiger partial charge in [0, 0.05) is 18.8 Å². The molecular weight excluding hydrogens is 292 g/mol. The van der Waals surface area contributed by atoms with E-state index in [1.54, 1.807) is 0 Å². The van der Waals surface area contributed by atoms with E-state index in [0.29, 0.717) is 5.88 Å². The van der Waals surface area contributed by atoms with Gasteiger partial charge in [-0.3, -0.25) is 0 Å². The summed E-state index contributed by atoms with van der Waals surface area (Å²) in [6, 6.07) is 3.90. The number of carbonyl (C=O) groups excluding carboxylic acids is 1. The normalized spacial score (nSPS) is 18.9. The molecule has 1 aliphatic rings. The van der Waals surface area contributed by atoms with Gasteiger partial charge < -0.3 is 14.4 Å². The van der Waals surface area contributed by atoms with Gasteiger partial charge in [0.15, 0.2) is 0 Å². The van der Waals surface area contributed by atoms with Crippen molar-refractivity contribution in [3.8, 4) is 5.88 Å². The Morgan fingerprint density at radius 2 is 2.04 bits per heavy atom. The van der Waals surface area contributed by atoms with E-state index < -0.39 is 5.60 Å². The Morgan fingerprint density at radius 3 is 2.61 bits per heavy atom. The Morgan fingerprint density at radius 1 is 1.30 bits per heavy atom. The van der Waals surface area contributed by atoms with Crippen molar-refractivity contribution in [2.45, 2.75) is 71.6 Å². The first-order valence-electron chi connectivity index (χ1n) is 8.38. The highest BCUT2D eigenvalue weighted by molar-refractivity contribution is 5.69. The summed E-state index contributed by atoms with van der Waals surface area (Å²) in [5, 5.41) is 0. The number of hydrogen-bond donors (Lipinski definition) is 0. The highest BCUT2D eigenvalue weighted by Crippen LogP contribution is 2.32. The van der Waals surface area contributed by atoms with Gasteiger partial charge in [0.25, 0.3) is 0 Å². The molecule has 0 spiro atoms. The molecule has 1 aromatic heterocycles. The Bertz CT molecular complexity index is 520. The quantitative estimate of drug-likeness (QED) is 0.831. The SMILES string of the molecule is CC(C)Oc1ccc([C@H]2CCCCN2C(=O)OC(C)(C)C)cn1. The van der Waals surface area contributed by atoms with Crippen LogP contribution in [-0.4, -0.2) is 34.2 Å². The maximum absolute atomic E-state index is 12.5. The van der Waals surface area contributed by atoms with Gasteiger partial charge in [-0.1, -0.05) is 6.07 Å². The number of nitrogens with zero attached hydrogens (tertiary/aromatic N) is 2. The van der Waals surface area contributed by atoms with Gasteiger partial charge in [-0.05, 0) is 59.4 Å². The van der Waals surface area contributed by atoms with E-state index in [0.717, 1.165) is 31.4 Å². The van der Waals surface area contributed by atoms with Gasteiger partial charge in [-0.25, -0.2) is 9.78 Å². The molecule has 0 aromatic carbocycles. The summed E-state index contributed by atoms with van der Waals surface area (Å²) in [5.41, 5.74) is 0.554. The van der Waals surface area contributed by atoms with Crippen LogP contribution in [-0.2, 0) is 4.74 Å². The molecule has 0 unspecified atom stereocenters. The fourth-order valence-corrected chi connectivity index (χ4v) is 2.72. The first-order chi connectivity index (χ1) is 10.8. The molecular formula is C18H28N2O3. The maximum Gasteiger partial charge on any atom is 0.410 e. The molecule has 23 heavy (non-hydrogen) atoms. The van der Waals surface area contributed by atoms with E-state index in [2.05, 4.69) is 4.98 Å². The Labute approximate surface area is 139 Å². The van der Waals surface area contributed by atoms with Crippen LogP contribution in [0.15, 0.2) is 18.3 Å². The third-order valence-electron chi connectivity index (χ3n) is 3.63. The molecule has 0 aliphatic carbocycles. The highest BCUT2D eigenvalue weighted by atomic mass is 16.6. The summed E-state index contributed by atoms with van der Waals surface area (Å²) >= 11 is 0. The second-order valence-corrected chi connectivity index (χ2v) is 7.28. The van der Waals surface area contributed by atoms with Crippen molar-refractivity contribution in [3.63, 3.8) is 0 Å². The van der Waals surface area contributed by atoms with Gasteiger partial charge in [-0.15, -0.1) is 0 Å². The van der Waals surface area contributed by atoms with Crippen LogP contribution in [0.1, 0.15) is 65.5 Å². The Kier molecular flexibility index (Phi) is 5.50. The van der Waals surface area contributed by atoms with Crippen LogP contribution in [0.25, 0.3) is 0 Å². The van der Waals surface area contributed by atoms with Gasteiger partial charge >= 0.3 is 6.09 Å². The first kappa shape index (κ1) is 17.6. The van der Waals surface area contributed by atoms with Crippen LogP contribution in [0.3, 0.4) is 0 Å². The molecule has 1 fully saturated rings. The third-order valence-corrected chi connectivity index (χ3v) is 3.63. The van der Waals surface area contributed by atoms with Crippen LogP contribution in [0.2, 0.25) is 0 Å². The number of piperidine rings is 1. The number of likely N-dealkylation sites (tertiary alicyclic amines) is 1. The molecule has 5 nitrogen and oxygen atoms in total. The lowest BCUT2D eigenvalue weighted by Crippen LogP contribution is -2.41. The molecule has 1 amide bonds. The van der Waals surface area contributed by atoms with Crippen LogP contribution in [0, 0.1) is 0 Å². The molecule has 0 radical (unpaired) electrons. The average Bonchev–Trinajstić information content (AvgIpc) is 2.46. The minimum absolute atomic E-state index is 0.0270. The number of amides is 1. The molecule has 1 aliphatic heterocycles. The standard InChI is InChI=1S/C18H28N2O3/c1-13(2)22-16-10-9-14(12-19-16)15-8-6-7-11-20(15)17(21)23-18(3,4)5/h9-10,12-13,15H,6-8,11H2,1-5H3/t15-/m1/s1. The molecule has 1 aromatic rings. The molecule has 0 saturated carbocycles. The van der Waals surface area contributed by atoms with Gasteiger partial charge in [0.1, 0.15) is 5.60 Å². The highest BCUT2D eigenvalue weighted by Gasteiger charge is 2.31. The summed E-state index contributed by atoms with van der Waals surface area (Å²) in [6.45, 7) is 10.3. The molecule has 1 atom stereocenters. The minimum Gasteiger partial charge on any atom is -0.475 e. The third kappa shape index (κ3) is 5.12. The summed E-state index contributed by atoms with van der Waals surface area (Å²) in [6.07, 6.45) is 4.72. The van der Waals surface area contributed by atoms with Crippen molar-refractivity contribution < 1.29 is 14.3 Å². The van der Waals surface area contributed by atoms with E-state index in [1.165, 1.54) is 0 Å². The topological polar surface area (TPSA) is 51.7 Å². The van der Waals surface area contributed by atoms with E-state index >= 15 is 0 Å². The zero-order chi connectivity index (χ0) is 17.0. The monoisotopic (exact) mass is 320 g/mol. The zero-order valence-corrected chi connectivity index (χ0v) is 14.8. The van der Waals surface area contributed by atoms with Crippen molar-refractivity contribution in [3.05, 3.63) is 23.9 Å². The van der Waals surface area contributed by atoms with E-state index in [4.69, 9.17) is 9.47 Å². The molecule has 2 rings (SSSR count). The fraction of sp³-hybridized carbons (Fsp3) is 0.667. The number of rotatable bonds is 3. The van der Waals surface area contributed by atoms with E-state index in [9.17, 15) is 4.79 Å².